The van der Waals surface area contributed by atoms with E-state index < -0.39 is 0 Å². The summed E-state index contributed by atoms with van der Waals surface area (Å²) in [7, 11) is 0. The molecular formula is C7H11NO3. The van der Waals surface area contributed by atoms with Gasteiger partial charge in [0.25, 0.3) is 0 Å². The molecule has 0 spiro atoms. The lowest BCUT2D eigenvalue weighted by atomic mass is 10.4. The lowest BCUT2D eigenvalue weighted by Crippen LogP contribution is -2.31. The highest BCUT2D eigenvalue weighted by Crippen LogP contribution is 2.10. The van der Waals surface area contributed by atoms with E-state index >= 15 is 0 Å². The van der Waals surface area contributed by atoms with Gasteiger partial charge in [0.1, 0.15) is 6.73 Å². The molecule has 0 aromatic rings. The third-order valence-electron chi connectivity index (χ3n) is 1.58. The van der Waals surface area contributed by atoms with Gasteiger partial charge in [-0.1, -0.05) is 0 Å². The van der Waals surface area contributed by atoms with Crippen molar-refractivity contribution < 1.29 is 14.3 Å². The molecular weight excluding hydrogens is 146 g/mol. The maximum atomic E-state index is 10.9. The van der Waals surface area contributed by atoms with Gasteiger partial charge in [0, 0.05) is 19.4 Å². The Balaban J connectivity index is 2.41. The van der Waals surface area contributed by atoms with Crippen LogP contribution in [-0.4, -0.2) is 30.1 Å². The summed E-state index contributed by atoms with van der Waals surface area (Å²) < 4.78 is 4.94. The lowest BCUT2D eigenvalue weighted by molar-refractivity contribution is -0.144. The van der Waals surface area contributed by atoms with Crippen LogP contribution in [0.15, 0.2) is 0 Å². The van der Waals surface area contributed by atoms with Gasteiger partial charge >= 0.3 is 0 Å². The van der Waals surface area contributed by atoms with Crippen molar-refractivity contribution in [2.75, 3.05) is 13.3 Å². The van der Waals surface area contributed by atoms with Crippen molar-refractivity contribution in [2.45, 2.75) is 19.8 Å². The zero-order chi connectivity index (χ0) is 8.27. The summed E-state index contributed by atoms with van der Waals surface area (Å²) in [5, 5.41) is 0. The first kappa shape index (κ1) is 8.20. The van der Waals surface area contributed by atoms with E-state index in [-0.39, 0.29) is 18.5 Å². The summed E-state index contributed by atoms with van der Waals surface area (Å²) in [6.07, 6.45) is 0.678. The molecule has 1 heterocycles. The highest BCUT2D eigenvalue weighted by Gasteiger charge is 2.28. The van der Waals surface area contributed by atoms with Crippen LogP contribution in [0.25, 0.3) is 0 Å². The Morgan fingerprint density at radius 1 is 1.36 bits per heavy atom. The molecule has 0 bridgehead atoms. The van der Waals surface area contributed by atoms with Gasteiger partial charge in [0.05, 0.1) is 0 Å². The fourth-order valence-corrected chi connectivity index (χ4v) is 0.949. The molecule has 4 heteroatoms. The summed E-state index contributed by atoms with van der Waals surface area (Å²) in [4.78, 5) is 23.0. The average molecular weight is 157 g/mol. The van der Waals surface area contributed by atoms with Crippen LogP contribution in [0.3, 0.4) is 0 Å². The molecule has 0 N–H and O–H groups in total. The van der Waals surface area contributed by atoms with E-state index in [1.807, 2.05) is 6.92 Å². The number of carbonyl (C=O) groups excluding carboxylic acids is 2. The molecule has 11 heavy (non-hydrogen) atoms. The van der Waals surface area contributed by atoms with Gasteiger partial charge in [0.15, 0.2) is 0 Å². The van der Waals surface area contributed by atoms with Crippen molar-refractivity contribution in [1.29, 1.82) is 0 Å². The van der Waals surface area contributed by atoms with E-state index in [0.29, 0.717) is 19.4 Å². The van der Waals surface area contributed by atoms with Gasteiger partial charge in [-0.25, -0.2) is 0 Å². The lowest BCUT2D eigenvalue weighted by Gasteiger charge is -2.12. The molecule has 1 rings (SSSR count). The summed E-state index contributed by atoms with van der Waals surface area (Å²) in [5.41, 5.74) is 0. The molecule has 1 fully saturated rings. The summed E-state index contributed by atoms with van der Waals surface area (Å²) >= 11 is 0. The van der Waals surface area contributed by atoms with E-state index in [9.17, 15) is 9.59 Å². The van der Waals surface area contributed by atoms with Crippen LogP contribution in [-0.2, 0) is 14.3 Å². The Morgan fingerprint density at radius 3 is 2.36 bits per heavy atom. The molecule has 4 nitrogen and oxygen atoms in total. The zero-order valence-electron chi connectivity index (χ0n) is 6.50. The van der Waals surface area contributed by atoms with Gasteiger partial charge in [-0.3, -0.25) is 14.5 Å². The van der Waals surface area contributed by atoms with Crippen LogP contribution in [0.4, 0.5) is 0 Å². The van der Waals surface area contributed by atoms with E-state index in [4.69, 9.17) is 4.74 Å². The highest BCUT2D eigenvalue weighted by molar-refractivity contribution is 6.01. The van der Waals surface area contributed by atoms with Crippen LogP contribution in [0, 0.1) is 0 Å². The van der Waals surface area contributed by atoms with Gasteiger partial charge in [-0.15, -0.1) is 0 Å². The summed E-state index contributed by atoms with van der Waals surface area (Å²) in [6.45, 7) is 2.47. The molecule has 2 amide bonds. The van der Waals surface area contributed by atoms with Crippen LogP contribution in [0.5, 0.6) is 0 Å². The smallest absolute Gasteiger partial charge is 0.231 e. The van der Waals surface area contributed by atoms with Crippen molar-refractivity contribution in [3.8, 4) is 0 Å². The minimum atomic E-state index is -0.122. The first-order valence-corrected chi connectivity index (χ1v) is 3.66. The standard InChI is InChI=1S/C7H11NO3/c1-2-11-5-8-6(9)3-4-7(8)10/h2-5H2,1H3. The van der Waals surface area contributed by atoms with Gasteiger partial charge in [-0.05, 0) is 6.92 Å². The number of hydrogen-bond acceptors (Lipinski definition) is 3. The largest absolute Gasteiger partial charge is 0.361 e. The minimum Gasteiger partial charge on any atom is -0.361 e. The molecule has 1 aliphatic rings. The second kappa shape index (κ2) is 3.48. The molecule has 1 aliphatic heterocycles. The molecule has 0 aromatic heterocycles. The molecule has 0 unspecified atom stereocenters. The first-order chi connectivity index (χ1) is 5.25. The second-order valence-corrected chi connectivity index (χ2v) is 2.34. The van der Waals surface area contributed by atoms with E-state index in [2.05, 4.69) is 0 Å². The Morgan fingerprint density at radius 2 is 1.91 bits per heavy atom. The van der Waals surface area contributed by atoms with Crippen LogP contribution in [0.1, 0.15) is 19.8 Å². The fraction of sp³-hybridized carbons (Fsp3) is 0.714. The number of imide groups is 1. The number of likely N-dealkylation sites (tertiary alicyclic amines) is 1. The Hall–Kier alpha value is -0.900. The molecule has 1 saturated heterocycles. The van der Waals surface area contributed by atoms with Gasteiger partial charge < -0.3 is 4.74 Å². The molecule has 0 atom stereocenters. The number of carbonyl (C=O) groups is 2. The Labute approximate surface area is 65.1 Å². The minimum absolute atomic E-state index is 0.119. The van der Waals surface area contributed by atoms with Gasteiger partial charge in [-0.2, -0.15) is 0 Å². The molecule has 0 aliphatic carbocycles. The number of ether oxygens (including phenoxy) is 1. The third kappa shape index (κ3) is 1.77. The van der Waals surface area contributed by atoms with Gasteiger partial charge in [0.2, 0.25) is 11.8 Å². The molecule has 0 saturated carbocycles. The maximum Gasteiger partial charge on any atom is 0.231 e. The molecule has 62 valence electrons. The molecule has 0 aromatic carbocycles. The zero-order valence-corrected chi connectivity index (χ0v) is 6.50. The number of nitrogens with zero attached hydrogens (tertiary/aromatic N) is 1. The predicted molar refractivity (Wildman–Crippen MR) is 37.6 cm³/mol. The average Bonchev–Trinajstić information content (AvgIpc) is 2.29. The summed E-state index contributed by atoms with van der Waals surface area (Å²) in [5.74, 6) is -0.244. The molecule has 0 radical (unpaired) electrons. The summed E-state index contributed by atoms with van der Waals surface area (Å²) in [6, 6.07) is 0. The van der Waals surface area contributed by atoms with Crippen molar-refractivity contribution in [2.24, 2.45) is 0 Å². The normalized spacial score (nSPS) is 18.1. The predicted octanol–water partition coefficient (Wildman–Crippen LogP) is 0.129. The fourth-order valence-electron chi connectivity index (χ4n) is 0.949. The van der Waals surface area contributed by atoms with Crippen LogP contribution < -0.4 is 0 Å². The van der Waals surface area contributed by atoms with Crippen LogP contribution in [0.2, 0.25) is 0 Å². The van der Waals surface area contributed by atoms with E-state index in [1.54, 1.807) is 0 Å². The SMILES string of the molecule is CCOCN1C(=O)CCC1=O. The Kier molecular flexibility index (Phi) is 2.59. The third-order valence-corrected chi connectivity index (χ3v) is 1.58. The van der Waals surface area contributed by atoms with E-state index in [0.717, 1.165) is 4.90 Å². The topological polar surface area (TPSA) is 46.6 Å². The van der Waals surface area contributed by atoms with Crippen molar-refractivity contribution in [3.63, 3.8) is 0 Å². The monoisotopic (exact) mass is 157 g/mol. The number of hydrogen-bond donors (Lipinski definition) is 0. The first-order valence-electron chi connectivity index (χ1n) is 3.66. The maximum absolute atomic E-state index is 10.9. The van der Waals surface area contributed by atoms with Crippen LogP contribution >= 0.6 is 0 Å². The second-order valence-electron chi connectivity index (χ2n) is 2.34. The Bertz CT molecular complexity index is 163. The van der Waals surface area contributed by atoms with Crippen molar-refractivity contribution in [3.05, 3.63) is 0 Å². The van der Waals surface area contributed by atoms with E-state index in [1.165, 1.54) is 0 Å². The van der Waals surface area contributed by atoms with Crippen molar-refractivity contribution in [1.82, 2.24) is 4.90 Å². The number of amides is 2. The highest BCUT2D eigenvalue weighted by atomic mass is 16.5. The van der Waals surface area contributed by atoms with Crippen molar-refractivity contribution >= 4 is 11.8 Å². The number of rotatable bonds is 3. The quantitative estimate of drug-likeness (QED) is 0.547.